The van der Waals surface area contributed by atoms with Crippen molar-refractivity contribution in [3.8, 4) is 11.3 Å². The van der Waals surface area contributed by atoms with Crippen molar-refractivity contribution in [1.29, 1.82) is 0 Å². The Morgan fingerprint density at radius 2 is 1.97 bits per heavy atom. The number of carbonyl (C=O) groups excluding carboxylic acids is 2. The van der Waals surface area contributed by atoms with Crippen molar-refractivity contribution in [2.75, 3.05) is 24.1 Å². The Bertz CT molecular complexity index is 1450. The molecule has 0 spiro atoms. The number of aromatic nitrogens is 3. The normalized spacial score (nSPS) is 17.6. The molecule has 1 aliphatic carbocycles. The molecule has 2 aromatic heterocycles. The van der Waals surface area contributed by atoms with Crippen molar-refractivity contribution in [2.24, 2.45) is 13.0 Å². The fourth-order valence-corrected chi connectivity index (χ4v) is 5.68. The van der Waals surface area contributed by atoms with Crippen molar-refractivity contribution in [3.05, 3.63) is 53.3 Å². The zero-order valence-corrected chi connectivity index (χ0v) is 21.9. The predicted octanol–water partition coefficient (Wildman–Crippen LogP) is 5.19. The molecule has 192 valence electrons. The summed E-state index contributed by atoms with van der Waals surface area (Å²) in [7, 11) is 1.93. The Hall–Kier alpha value is -3.65. The Morgan fingerprint density at radius 1 is 1.22 bits per heavy atom. The molecule has 3 N–H and O–H groups in total. The van der Waals surface area contributed by atoms with Crippen LogP contribution in [0.25, 0.3) is 27.9 Å². The number of carbonyl (C=O) groups is 2. The van der Waals surface area contributed by atoms with Crippen molar-refractivity contribution in [2.45, 2.75) is 39.0 Å². The largest absolute Gasteiger partial charge is 0.383 e. The SMILES string of the molecule is C=C(C)C(=O)Nc1ccc(-c2c(C3=CC[C@@H](C(=O)N4CCCC4)CC3)c3c(N)ncnc3n2C)c(Cl)c1. The van der Waals surface area contributed by atoms with Gasteiger partial charge in [0.25, 0.3) is 5.91 Å². The molecular weight excluding hydrogens is 488 g/mol. The molecule has 0 saturated carbocycles. The van der Waals surface area contributed by atoms with Gasteiger partial charge in [-0.1, -0.05) is 24.3 Å². The van der Waals surface area contributed by atoms with Crippen molar-refractivity contribution >= 4 is 51.5 Å². The number of hydrogen-bond donors (Lipinski definition) is 2. The number of nitrogens with two attached hydrogens (primary N) is 1. The van der Waals surface area contributed by atoms with Gasteiger partial charge in [-0.25, -0.2) is 9.97 Å². The highest BCUT2D eigenvalue weighted by molar-refractivity contribution is 6.34. The maximum atomic E-state index is 13.0. The van der Waals surface area contributed by atoms with Gasteiger partial charge in [0.15, 0.2) is 0 Å². The first-order chi connectivity index (χ1) is 17.8. The van der Waals surface area contributed by atoms with Crippen LogP contribution in [0.3, 0.4) is 0 Å². The summed E-state index contributed by atoms with van der Waals surface area (Å²) < 4.78 is 1.98. The summed E-state index contributed by atoms with van der Waals surface area (Å²) in [4.78, 5) is 35.9. The molecular formula is C28H31ClN6O2. The van der Waals surface area contributed by atoms with Gasteiger partial charge in [0.05, 0.1) is 16.1 Å². The van der Waals surface area contributed by atoms with Crippen LogP contribution in [0.2, 0.25) is 5.02 Å². The molecule has 8 nitrogen and oxygen atoms in total. The lowest BCUT2D eigenvalue weighted by Crippen LogP contribution is -2.34. The molecule has 2 amide bonds. The number of rotatable bonds is 5. The average Bonchev–Trinajstić information content (AvgIpc) is 3.52. The fourth-order valence-electron chi connectivity index (χ4n) is 5.41. The Balaban J connectivity index is 1.56. The predicted molar refractivity (Wildman–Crippen MR) is 148 cm³/mol. The quantitative estimate of drug-likeness (QED) is 0.452. The minimum Gasteiger partial charge on any atom is -0.383 e. The number of anilines is 2. The maximum absolute atomic E-state index is 13.0. The van der Waals surface area contributed by atoms with Crippen LogP contribution in [0, 0.1) is 5.92 Å². The van der Waals surface area contributed by atoms with E-state index >= 15 is 0 Å². The standard InChI is InChI=1S/C28H31ClN6O2/c1-16(2)27(36)33-19-10-11-20(21(29)14-19)24-22(23-25(30)31-15-32-26(23)34(24)3)17-6-8-18(9-7-17)28(37)35-12-4-5-13-35/h6,10-11,14-15,18H,1,4-5,7-9,12-13H2,2-3H3,(H,33,36)(H2,30,31,32)/t18-/m1/s1. The lowest BCUT2D eigenvalue weighted by molar-refractivity contribution is -0.134. The molecule has 5 rings (SSSR count). The summed E-state index contributed by atoms with van der Waals surface area (Å²) in [5.74, 6) is 0.417. The monoisotopic (exact) mass is 518 g/mol. The third kappa shape index (κ3) is 4.62. The van der Waals surface area contributed by atoms with Crippen LogP contribution in [0.15, 0.2) is 42.8 Å². The smallest absolute Gasteiger partial charge is 0.250 e. The second-order valence-corrected chi connectivity index (χ2v) is 10.3. The van der Waals surface area contributed by atoms with Gasteiger partial charge in [-0.3, -0.25) is 9.59 Å². The van der Waals surface area contributed by atoms with Gasteiger partial charge in [0, 0.05) is 48.4 Å². The van der Waals surface area contributed by atoms with E-state index in [1.807, 2.05) is 28.6 Å². The maximum Gasteiger partial charge on any atom is 0.250 e. The van der Waals surface area contributed by atoms with E-state index in [4.69, 9.17) is 17.3 Å². The Labute approximate surface area is 221 Å². The summed E-state index contributed by atoms with van der Waals surface area (Å²) >= 11 is 6.79. The van der Waals surface area contributed by atoms with E-state index in [1.165, 1.54) is 6.33 Å². The van der Waals surface area contributed by atoms with E-state index in [-0.39, 0.29) is 17.7 Å². The van der Waals surface area contributed by atoms with E-state index in [0.29, 0.717) is 34.2 Å². The molecule has 37 heavy (non-hydrogen) atoms. The van der Waals surface area contributed by atoms with Gasteiger partial charge in [-0.2, -0.15) is 0 Å². The van der Waals surface area contributed by atoms with Gasteiger partial charge in [0.1, 0.15) is 17.8 Å². The number of hydrogen-bond acceptors (Lipinski definition) is 5. The van der Waals surface area contributed by atoms with Crippen LogP contribution >= 0.6 is 11.6 Å². The van der Waals surface area contributed by atoms with Crippen LogP contribution < -0.4 is 11.1 Å². The minimum absolute atomic E-state index is 0.00803. The van der Waals surface area contributed by atoms with E-state index in [1.54, 1.807) is 13.0 Å². The molecule has 1 aromatic carbocycles. The second kappa shape index (κ2) is 10.0. The van der Waals surface area contributed by atoms with E-state index in [9.17, 15) is 9.59 Å². The number of allylic oxidation sites excluding steroid dienone is 2. The molecule has 9 heteroatoms. The number of nitrogens with one attached hydrogen (secondary N) is 1. The highest BCUT2D eigenvalue weighted by Crippen LogP contribution is 2.45. The number of likely N-dealkylation sites (tertiary alicyclic amines) is 1. The number of nitrogen functional groups attached to an aromatic ring is 1. The zero-order valence-electron chi connectivity index (χ0n) is 21.2. The lowest BCUT2D eigenvalue weighted by atomic mass is 9.84. The molecule has 2 aliphatic rings. The Kier molecular flexibility index (Phi) is 6.77. The van der Waals surface area contributed by atoms with E-state index in [2.05, 4.69) is 27.9 Å². The second-order valence-electron chi connectivity index (χ2n) is 9.90. The van der Waals surface area contributed by atoms with Crippen molar-refractivity contribution < 1.29 is 9.59 Å². The number of amides is 2. The molecule has 0 unspecified atom stereocenters. The van der Waals surface area contributed by atoms with Gasteiger partial charge >= 0.3 is 0 Å². The lowest BCUT2D eigenvalue weighted by Gasteiger charge is -2.26. The van der Waals surface area contributed by atoms with Gasteiger partial charge in [-0.15, -0.1) is 0 Å². The van der Waals surface area contributed by atoms with E-state index < -0.39 is 0 Å². The van der Waals surface area contributed by atoms with Crippen LogP contribution in [0.1, 0.15) is 44.6 Å². The molecule has 1 atom stereocenters. The van der Waals surface area contributed by atoms with Crippen LogP contribution in [-0.4, -0.2) is 44.3 Å². The third-order valence-electron chi connectivity index (χ3n) is 7.37. The van der Waals surface area contributed by atoms with Crippen LogP contribution in [0.4, 0.5) is 11.5 Å². The highest BCUT2D eigenvalue weighted by atomic mass is 35.5. The zero-order chi connectivity index (χ0) is 26.3. The average molecular weight is 519 g/mol. The molecule has 1 aliphatic heterocycles. The summed E-state index contributed by atoms with van der Waals surface area (Å²) in [6, 6.07) is 5.44. The molecule has 0 bridgehead atoms. The summed E-state index contributed by atoms with van der Waals surface area (Å²) in [6.45, 7) is 7.07. The number of benzene rings is 1. The summed E-state index contributed by atoms with van der Waals surface area (Å²) in [5.41, 5.74) is 11.8. The highest BCUT2D eigenvalue weighted by Gasteiger charge is 2.31. The number of aryl methyl sites for hydroxylation is 1. The number of fused-ring (bicyclic) bond motifs is 1. The Morgan fingerprint density at radius 3 is 2.62 bits per heavy atom. The van der Waals surface area contributed by atoms with Crippen molar-refractivity contribution in [1.82, 2.24) is 19.4 Å². The molecule has 1 fully saturated rings. The minimum atomic E-state index is -0.262. The first-order valence-electron chi connectivity index (χ1n) is 12.6. The molecule has 1 saturated heterocycles. The van der Waals surface area contributed by atoms with Gasteiger partial charge in [0.2, 0.25) is 5.91 Å². The topological polar surface area (TPSA) is 106 Å². The third-order valence-corrected chi connectivity index (χ3v) is 7.68. The van der Waals surface area contributed by atoms with Gasteiger partial charge in [-0.05, 0) is 62.8 Å². The molecule has 3 aromatic rings. The summed E-state index contributed by atoms with van der Waals surface area (Å²) in [5, 5.41) is 4.07. The number of halogens is 1. The molecule has 3 heterocycles. The van der Waals surface area contributed by atoms with Crippen LogP contribution in [0.5, 0.6) is 0 Å². The molecule has 0 radical (unpaired) electrons. The first kappa shape index (κ1) is 25.0. The van der Waals surface area contributed by atoms with Crippen LogP contribution in [-0.2, 0) is 16.6 Å². The first-order valence-corrected chi connectivity index (χ1v) is 13.0. The number of nitrogens with zero attached hydrogens (tertiary/aromatic N) is 4. The fraction of sp³-hybridized carbons (Fsp3) is 0.357. The summed E-state index contributed by atoms with van der Waals surface area (Å²) in [6.07, 6.45) is 8.03. The van der Waals surface area contributed by atoms with Gasteiger partial charge < -0.3 is 20.5 Å². The van der Waals surface area contributed by atoms with E-state index in [0.717, 1.165) is 66.6 Å². The van der Waals surface area contributed by atoms with Crippen molar-refractivity contribution in [3.63, 3.8) is 0 Å².